The van der Waals surface area contributed by atoms with Crippen LogP contribution < -0.4 is 22.5 Å². The third-order valence-corrected chi connectivity index (χ3v) is 4.26. The first-order valence-electron chi connectivity index (χ1n) is 8.51. The van der Waals surface area contributed by atoms with Gasteiger partial charge < -0.3 is 17.0 Å². The van der Waals surface area contributed by atoms with E-state index in [0.29, 0.717) is 0 Å². The number of rotatable bonds is 4. The Hall–Kier alpha value is -3.89. The van der Waals surface area contributed by atoms with Crippen molar-refractivity contribution in [1.29, 1.82) is 0 Å². The number of nitrogens with zero attached hydrogens (tertiary/aromatic N) is 3. The fourth-order valence-corrected chi connectivity index (χ4v) is 2.75. The van der Waals surface area contributed by atoms with Gasteiger partial charge in [-0.05, 0) is 42.0 Å². The van der Waals surface area contributed by atoms with Crippen molar-refractivity contribution >= 4 is 5.91 Å². The number of carbonyl (C=O) groups excluding carboxylic acids is 1. The molecule has 0 aliphatic heterocycles. The smallest absolute Gasteiger partial charge is 0.339 e. The summed E-state index contributed by atoms with van der Waals surface area (Å²) in [6.07, 6.45) is -1.97. The molecule has 3 rings (SSSR count). The van der Waals surface area contributed by atoms with E-state index in [1.807, 2.05) is 0 Å². The second-order valence-electron chi connectivity index (χ2n) is 6.21. The van der Waals surface area contributed by atoms with Crippen LogP contribution in [0.1, 0.15) is 33.2 Å². The number of carbonyl (C=O) groups is 1. The Balaban J connectivity index is 1.99. The molecule has 1 atom stereocenters. The van der Waals surface area contributed by atoms with Crippen LogP contribution in [-0.2, 0) is 6.18 Å². The van der Waals surface area contributed by atoms with Gasteiger partial charge in [0, 0.05) is 12.4 Å². The molecule has 156 valence electrons. The Morgan fingerprint density at radius 1 is 1.13 bits per heavy atom. The van der Waals surface area contributed by atoms with E-state index in [1.54, 1.807) is 0 Å². The minimum absolute atomic E-state index is 0.0955. The van der Waals surface area contributed by atoms with E-state index >= 15 is 0 Å². The summed E-state index contributed by atoms with van der Waals surface area (Å²) in [5.41, 5.74) is -0.522. The van der Waals surface area contributed by atoms with Crippen LogP contribution in [0.5, 0.6) is 0 Å². The van der Waals surface area contributed by atoms with E-state index in [9.17, 15) is 22.4 Å². The maximum absolute atomic E-state index is 14.4. The van der Waals surface area contributed by atoms with E-state index in [0.717, 1.165) is 35.0 Å². The number of hydrogen-bond acceptors (Lipinski definition) is 5. The molecule has 0 aliphatic carbocycles. The highest BCUT2D eigenvalue weighted by molar-refractivity contribution is 5.94. The Labute approximate surface area is 167 Å². The lowest BCUT2D eigenvalue weighted by Gasteiger charge is -2.20. The van der Waals surface area contributed by atoms with Crippen LogP contribution in [0, 0.1) is 5.82 Å². The molecular formula is C19H16F4N6O. The highest BCUT2D eigenvalue weighted by Gasteiger charge is 2.31. The largest absolute Gasteiger partial charge is 0.416 e. The molecule has 0 fully saturated rings. The zero-order valence-corrected chi connectivity index (χ0v) is 15.3. The van der Waals surface area contributed by atoms with E-state index < -0.39 is 29.5 Å². The molecule has 0 aliphatic rings. The van der Waals surface area contributed by atoms with E-state index in [4.69, 9.17) is 11.7 Å². The molecule has 7 nitrogen and oxygen atoms in total. The van der Waals surface area contributed by atoms with E-state index in [2.05, 4.69) is 15.4 Å². The summed E-state index contributed by atoms with van der Waals surface area (Å²) in [7, 11) is 0. The number of pyridine rings is 2. The van der Waals surface area contributed by atoms with Crippen LogP contribution >= 0.6 is 0 Å². The van der Waals surface area contributed by atoms with Crippen LogP contribution in [-0.4, -0.2) is 15.6 Å². The summed E-state index contributed by atoms with van der Waals surface area (Å²) >= 11 is 0. The van der Waals surface area contributed by atoms with Crippen molar-refractivity contribution in [1.82, 2.24) is 15.0 Å². The van der Waals surface area contributed by atoms with Crippen LogP contribution in [0.4, 0.5) is 17.6 Å². The predicted octanol–water partition coefficient (Wildman–Crippen LogP) is 2.05. The number of hydrogen-bond donors (Lipinski definition) is 3. The van der Waals surface area contributed by atoms with Gasteiger partial charge in [-0.3, -0.25) is 14.5 Å². The average molecular weight is 420 g/mol. The fourth-order valence-electron chi connectivity index (χ4n) is 2.75. The lowest BCUT2D eigenvalue weighted by Crippen LogP contribution is -2.34. The summed E-state index contributed by atoms with van der Waals surface area (Å²) in [5.74, 6) is 9.46. The zero-order chi connectivity index (χ0) is 21.9. The van der Waals surface area contributed by atoms with Crippen LogP contribution in [0.25, 0.3) is 0 Å². The van der Waals surface area contributed by atoms with Gasteiger partial charge in [0.05, 0.1) is 17.2 Å². The van der Waals surface area contributed by atoms with Gasteiger partial charge in [-0.2, -0.15) is 18.3 Å². The van der Waals surface area contributed by atoms with Gasteiger partial charge in [0.1, 0.15) is 11.5 Å². The lowest BCUT2D eigenvalue weighted by atomic mass is 10.0. The van der Waals surface area contributed by atoms with E-state index in [1.165, 1.54) is 30.6 Å². The van der Waals surface area contributed by atoms with Crippen molar-refractivity contribution in [3.8, 4) is 0 Å². The summed E-state index contributed by atoms with van der Waals surface area (Å²) in [5, 5.41) is 6.00. The zero-order valence-electron chi connectivity index (χ0n) is 15.3. The third kappa shape index (κ3) is 4.40. The van der Waals surface area contributed by atoms with Crippen LogP contribution in [0.15, 0.2) is 66.0 Å². The SMILES string of the molecule is N/N=c1/ccc(C(=O)NC(c2ccc(C(F)(F)F)cc2)c2ncccc2F)cn1N. The predicted molar refractivity (Wildman–Crippen MR) is 99.3 cm³/mol. The van der Waals surface area contributed by atoms with E-state index in [-0.39, 0.29) is 22.3 Å². The lowest BCUT2D eigenvalue weighted by molar-refractivity contribution is -0.137. The number of alkyl halides is 3. The molecule has 11 heteroatoms. The highest BCUT2D eigenvalue weighted by atomic mass is 19.4. The normalized spacial score (nSPS) is 13.1. The van der Waals surface area contributed by atoms with Crippen LogP contribution in [0.3, 0.4) is 0 Å². The molecule has 0 radical (unpaired) electrons. The average Bonchev–Trinajstić information content (AvgIpc) is 2.72. The summed E-state index contributed by atoms with van der Waals surface area (Å²) in [6, 6.07) is 8.14. The molecule has 30 heavy (non-hydrogen) atoms. The van der Waals surface area contributed by atoms with Crippen molar-refractivity contribution < 1.29 is 22.4 Å². The van der Waals surface area contributed by atoms with Gasteiger partial charge in [0.15, 0.2) is 5.49 Å². The monoisotopic (exact) mass is 420 g/mol. The van der Waals surface area contributed by atoms with Crippen molar-refractivity contribution in [2.24, 2.45) is 10.9 Å². The fraction of sp³-hybridized carbons (Fsp3) is 0.105. The molecule has 0 saturated carbocycles. The van der Waals surface area contributed by atoms with Gasteiger partial charge in [0.25, 0.3) is 5.91 Å². The third-order valence-electron chi connectivity index (χ3n) is 4.26. The molecule has 0 spiro atoms. The number of halogens is 4. The minimum Gasteiger partial charge on any atom is -0.339 e. The molecule has 3 aromatic rings. The number of nitrogens with one attached hydrogen (secondary N) is 1. The number of benzene rings is 1. The Morgan fingerprint density at radius 2 is 1.83 bits per heavy atom. The first-order chi connectivity index (χ1) is 14.2. The molecule has 1 aromatic carbocycles. The molecule has 5 N–H and O–H groups in total. The van der Waals surface area contributed by atoms with Gasteiger partial charge in [-0.15, -0.1) is 0 Å². The molecule has 1 unspecified atom stereocenters. The number of nitrogen functional groups attached to an aromatic ring is 1. The topological polar surface area (TPSA) is 111 Å². The second-order valence-corrected chi connectivity index (χ2v) is 6.21. The Morgan fingerprint density at radius 3 is 2.40 bits per heavy atom. The van der Waals surface area contributed by atoms with Crippen molar-refractivity contribution in [2.75, 3.05) is 5.84 Å². The number of amides is 1. The molecule has 2 aromatic heterocycles. The Kier molecular flexibility index (Phi) is 5.72. The summed E-state index contributed by atoms with van der Waals surface area (Å²) in [6.45, 7) is 0. The molecule has 2 heterocycles. The number of aromatic nitrogens is 2. The second kappa shape index (κ2) is 8.23. The highest BCUT2D eigenvalue weighted by Crippen LogP contribution is 2.31. The van der Waals surface area contributed by atoms with Gasteiger partial charge in [-0.25, -0.2) is 4.39 Å². The molecule has 0 bridgehead atoms. The number of nitrogens with two attached hydrogens (primary N) is 2. The van der Waals surface area contributed by atoms with Gasteiger partial charge in [-0.1, -0.05) is 12.1 Å². The molecule has 0 saturated heterocycles. The van der Waals surface area contributed by atoms with Crippen molar-refractivity contribution in [3.63, 3.8) is 0 Å². The minimum atomic E-state index is -4.53. The first kappa shape index (κ1) is 20.8. The van der Waals surface area contributed by atoms with Crippen molar-refractivity contribution in [3.05, 3.63) is 94.6 Å². The summed E-state index contributed by atoms with van der Waals surface area (Å²) < 4.78 is 54.0. The molecule has 1 amide bonds. The standard InChI is InChI=1S/C19H16F4N6O/c20-14-2-1-9-26-17(14)16(11-3-6-13(7-4-11)19(21,22)23)27-18(30)12-5-8-15(28-24)29(25)10-12/h1-10,16H,24-25H2,(H,27,30)/b28-15-. The van der Waals surface area contributed by atoms with Gasteiger partial charge >= 0.3 is 6.18 Å². The first-order valence-corrected chi connectivity index (χ1v) is 8.51. The maximum atomic E-state index is 14.4. The van der Waals surface area contributed by atoms with Crippen LogP contribution in [0.2, 0.25) is 0 Å². The van der Waals surface area contributed by atoms with Gasteiger partial charge in [0.2, 0.25) is 0 Å². The van der Waals surface area contributed by atoms with Crippen molar-refractivity contribution in [2.45, 2.75) is 12.2 Å². The summed E-state index contributed by atoms with van der Waals surface area (Å²) in [4.78, 5) is 16.7. The quantitative estimate of drug-likeness (QED) is 0.341. The maximum Gasteiger partial charge on any atom is 0.416 e. The Bertz CT molecular complexity index is 1120. The molecular weight excluding hydrogens is 404 g/mol.